The van der Waals surface area contributed by atoms with Gasteiger partial charge in [0.05, 0.1) is 17.7 Å². The zero-order chi connectivity index (χ0) is 31.0. The highest BCUT2D eigenvalue weighted by molar-refractivity contribution is 7.92. The Morgan fingerprint density at radius 2 is 1.72 bits per heavy atom. The van der Waals surface area contributed by atoms with E-state index >= 15 is 0 Å². The number of hydrogen-bond acceptors (Lipinski definition) is 7. The molecule has 0 aromatic heterocycles. The Labute approximate surface area is 251 Å². The summed E-state index contributed by atoms with van der Waals surface area (Å²) in [5.74, 6) is -0.290. The number of rotatable bonds is 13. The van der Waals surface area contributed by atoms with Gasteiger partial charge in [0.2, 0.25) is 11.8 Å². The van der Waals surface area contributed by atoms with E-state index in [2.05, 4.69) is 5.32 Å². The molecule has 0 bridgehead atoms. The van der Waals surface area contributed by atoms with E-state index in [0.29, 0.717) is 36.6 Å². The van der Waals surface area contributed by atoms with E-state index in [1.807, 2.05) is 6.92 Å². The number of hydrogen-bond donors (Lipinski definition) is 1. The van der Waals surface area contributed by atoms with Gasteiger partial charge in [0, 0.05) is 19.2 Å². The first-order chi connectivity index (χ1) is 20.7. The molecule has 0 fully saturated rings. The Hall–Kier alpha value is -4.32. The summed E-state index contributed by atoms with van der Waals surface area (Å²) in [6, 6.07) is 15.2. The number of methoxy groups -OCH3 is 1. The van der Waals surface area contributed by atoms with Crippen LogP contribution >= 0.6 is 0 Å². The number of amides is 2. The summed E-state index contributed by atoms with van der Waals surface area (Å²) in [6.07, 6.45) is 0.995. The van der Waals surface area contributed by atoms with E-state index in [4.69, 9.17) is 14.2 Å². The largest absolute Gasteiger partial charge is 0.497 e. The van der Waals surface area contributed by atoms with Crippen molar-refractivity contribution >= 4 is 27.5 Å². The lowest BCUT2D eigenvalue weighted by Gasteiger charge is -2.33. The maximum atomic E-state index is 14.1. The fraction of sp³-hybridized carbons (Fsp3) is 0.355. The molecule has 1 aliphatic heterocycles. The maximum absolute atomic E-state index is 14.1. The highest BCUT2D eigenvalue weighted by Crippen LogP contribution is 2.34. The summed E-state index contributed by atoms with van der Waals surface area (Å²) >= 11 is 0. The summed E-state index contributed by atoms with van der Waals surface area (Å²) in [4.78, 5) is 28.6. The van der Waals surface area contributed by atoms with Crippen LogP contribution in [0.3, 0.4) is 0 Å². The number of carbonyl (C=O) groups is 2. The van der Waals surface area contributed by atoms with E-state index in [1.54, 1.807) is 31.2 Å². The van der Waals surface area contributed by atoms with Crippen LogP contribution in [-0.4, -0.2) is 64.6 Å². The molecule has 3 aromatic carbocycles. The minimum atomic E-state index is -4.37. The number of benzene rings is 3. The predicted octanol–water partition coefficient (Wildman–Crippen LogP) is 4.13. The second-order valence-electron chi connectivity index (χ2n) is 9.88. The van der Waals surface area contributed by atoms with Gasteiger partial charge in [-0.05, 0) is 66.9 Å². The molecule has 1 unspecified atom stereocenters. The van der Waals surface area contributed by atoms with Gasteiger partial charge in [-0.2, -0.15) is 0 Å². The average molecular weight is 614 g/mol. The van der Waals surface area contributed by atoms with E-state index in [-0.39, 0.29) is 41.8 Å². The Morgan fingerprint density at radius 3 is 2.40 bits per heavy atom. The van der Waals surface area contributed by atoms with Crippen molar-refractivity contribution in [2.45, 2.75) is 44.2 Å². The van der Waals surface area contributed by atoms with Crippen LogP contribution in [0.4, 0.5) is 10.1 Å². The van der Waals surface area contributed by atoms with Crippen molar-refractivity contribution in [3.8, 4) is 17.2 Å². The van der Waals surface area contributed by atoms with Gasteiger partial charge >= 0.3 is 0 Å². The van der Waals surface area contributed by atoms with Crippen molar-refractivity contribution in [3.05, 3.63) is 78.1 Å². The number of carbonyl (C=O) groups excluding carboxylic acids is 2. The van der Waals surface area contributed by atoms with Crippen LogP contribution < -0.4 is 23.8 Å². The third-order valence-corrected chi connectivity index (χ3v) is 8.69. The van der Waals surface area contributed by atoms with Crippen molar-refractivity contribution in [2.75, 3.05) is 37.7 Å². The standard InChI is InChI=1S/C31H36FN3O7S/c1-4-15-33-31(37)27(5-2)34(20-22-7-6-8-25(18-22)40-3)30(36)21-35(24-11-9-23(32)10-12-24)43(38,39)26-13-14-28-29(19-26)42-17-16-41-28/h6-14,18-19,27H,4-5,15-17,20-21H2,1-3H3,(H,33,37). The molecule has 3 aromatic rings. The molecule has 0 aliphatic carbocycles. The molecular formula is C31H36FN3O7S. The molecule has 0 saturated heterocycles. The monoisotopic (exact) mass is 613 g/mol. The molecule has 43 heavy (non-hydrogen) atoms. The number of halogens is 1. The number of ether oxygens (including phenoxy) is 3. The fourth-order valence-corrected chi connectivity index (χ4v) is 6.13. The first kappa shape index (κ1) is 31.6. The summed E-state index contributed by atoms with van der Waals surface area (Å²) in [5, 5.41) is 2.85. The van der Waals surface area contributed by atoms with E-state index in [9.17, 15) is 22.4 Å². The molecule has 1 aliphatic rings. The minimum absolute atomic E-state index is 0.0232. The SMILES string of the molecule is CCCNC(=O)C(CC)N(Cc1cccc(OC)c1)C(=O)CN(c1ccc(F)cc1)S(=O)(=O)c1ccc2c(c1)OCCO2. The molecule has 0 spiro atoms. The van der Waals surface area contributed by atoms with Crippen molar-refractivity contribution in [1.82, 2.24) is 10.2 Å². The molecule has 0 saturated carbocycles. The highest BCUT2D eigenvalue weighted by Gasteiger charge is 2.34. The summed E-state index contributed by atoms with van der Waals surface area (Å²) in [6.45, 7) is 4.10. The number of fused-ring (bicyclic) bond motifs is 1. The molecular weight excluding hydrogens is 577 g/mol. The van der Waals surface area contributed by atoms with Gasteiger partial charge in [0.25, 0.3) is 10.0 Å². The second kappa shape index (κ2) is 14.2. The Balaban J connectivity index is 1.74. The third-order valence-electron chi connectivity index (χ3n) is 6.92. The lowest BCUT2D eigenvalue weighted by molar-refractivity contribution is -0.140. The molecule has 1 heterocycles. The molecule has 1 atom stereocenters. The summed E-state index contributed by atoms with van der Waals surface area (Å²) in [5.41, 5.74) is 0.770. The summed E-state index contributed by atoms with van der Waals surface area (Å²) in [7, 11) is -2.85. The van der Waals surface area contributed by atoms with E-state index in [1.165, 1.54) is 42.3 Å². The van der Waals surface area contributed by atoms with Gasteiger partial charge in [-0.15, -0.1) is 0 Å². The van der Waals surface area contributed by atoms with Crippen LogP contribution in [0.15, 0.2) is 71.6 Å². The minimum Gasteiger partial charge on any atom is -0.497 e. The zero-order valence-electron chi connectivity index (χ0n) is 24.4. The fourth-order valence-electron chi connectivity index (χ4n) is 4.70. The molecule has 230 valence electrons. The van der Waals surface area contributed by atoms with Gasteiger partial charge in [-0.3, -0.25) is 13.9 Å². The average Bonchev–Trinajstić information content (AvgIpc) is 3.02. The van der Waals surface area contributed by atoms with Gasteiger partial charge in [0.15, 0.2) is 11.5 Å². The van der Waals surface area contributed by atoms with Gasteiger partial charge < -0.3 is 24.4 Å². The third kappa shape index (κ3) is 7.56. The van der Waals surface area contributed by atoms with Crippen LogP contribution in [0.25, 0.3) is 0 Å². The first-order valence-corrected chi connectivity index (χ1v) is 15.5. The Morgan fingerprint density at radius 1 is 1.00 bits per heavy atom. The number of nitrogens with zero attached hydrogens (tertiary/aromatic N) is 2. The van der Waals surface area contributed by atoms with Crippen molar-refractivity contribution in [1.29, 1.82) is 0 Å². The highest BCUT2D eigenvalue weighted by atomic mass is 32.2. The molecule has 4 rings (SSSR count). The van der Waals surface area contributed by atoms with Crippen LogP contribution in [0.1, 0.15) is 32.3 Å². The van der Waals surface area contributed by atoms with Crippen molar-refractivity contribution < 1.29 is 36.6 Å². The second-order valence-corrected chi connectivity index (χ2v) is 11.7. The maximum Gasteiger partial charge on any atom is 0.264 e. The van der Waals surface area contributed by atoms with Gasteiger partial charge in [0.1, 0.15) is 37.4 Å². The van der Waals surface area contributed by atoms with Crippen LogP contribution in [0.5, 0.6) is 17.2 Å². The number of nitrogens with one attached hydrogen (secondary N) is 1. The molecule has 0 radical (unpaired) electrons. The predicted molar refractivity (Wildman–Crippen MR) is 159 cm³/mol. The Kier molecular flexibility index (Phi) is 10.5. The quantitative estimate of drug-likeness (QED) is 0.308. The smallest absolute Gasteiger partial charge is 0.264 e. The van der Waals surface area contributed by atoms with E-state index < -0.39 is 34.3 Å². The molecule has 12 heteroatoms. The van der Waals surface area contributed by atoms with Crippen LogP contribution in [0.2, 0.25) is 0 Å². The van der Waals surface area contributed by atoms with Gasteiger partial charge in [-0.1, -0.05) is 26.0 Å². The van der Waals surface area contributed by atoms with Crippen LogP contribution in [-0.2, 0) is 26.2 Å². The lowest BCUT2D eigenvalue weighted by atomic mass is 10.1. The topological polar surface area (TPSA) is 114 Å². The van der Waals surface area contributed by atoms with Crippen LogP contribution in [0, 0.1) is 5.82 Å². The lowest BCUT2D eigenvalue weighted by Crippen LogP contribution is -2.52. The number of anilines is 1. The Bertz CT molecular complexity index is 1530. The zero-order valence-corrected chi connectivity index (χ0v) is 25.2. The molecule has 2 amide bonds. The first-order valence-electron chi connectivity index (χ1n) is 14.1. The van der Waals surface area contributed by atoms with Gasteiger partial charge in [-0.25, -0.2) is 12.8 Å². The summed E-state index contributed by atoms with van der Waals surface area (Å²) < 4.78 is 59.4. The number of sulfonamides is 1. The molecule has 1 N–H and O–H groups in total. The van der Waals surface area contributed by atoms with Crippen molar-refractivity contribution in [3.63, 3.8) is 0 Å². The normalized spacial score (nSPS) is 13.1. The van der Waals surface area contributed by atoms with E-state index in [0.717, 1.165) is 16.4 Å². The van der Waals surface area contributed by atoms with Crippen molar-refractivity contribution in [2.24, 2.45) is 0 Å². The molecule has 10 nitrogen and oxygen atoms in total.